The van der Waals surface area contributed by atoms with Crippen molar-refractivity contribution in [1.82, 2.24) is 41.8 Å². The Hall–Kier alpha value is -7.61. The number of primary amides is 1. The van der Waals surface area contributed by atoms with Crippen LogP contribution >= 0.6 is 11.6 Å². The molecule has 0 aliphatic carbocycles. The van der Waals surface area contributed by atoms with Gasteiger partial charge in [-0.05, 0) is 85.7 Å². The minimum atomic E-state index is -1.35. The molecule has 1 fully saturated rings. The summed E-state index contributed by atoms with van der Waals surface area (Å²) in [5.41, 5.74) is 18.1. The van der Waals surface area contributed by atoms with E-state index in [0.29, 0.717) is 29.1 Å². The molecular weight excluding hydrogens is 920 g/mol. The summed E-state index contributed by atoms with van der Waals surface area (Å²) in [6.45, 7) is 4.43. The molecule has 1 saturated heterocycles. The number of guanidine groups is 1. The molecule has 20 nitrogen and oxygen atoms in total. The molecule has 21 heteroatoms. The lowest BCUT2D eigenvalue weighted by atomic mass is 9.99. The van der Waals surface area contributed by atoms with Gasteiger partial charge in [-0.2, -0.15) is 0 Å². The number of likely N-dealkylation sites (tertiary alicyclic amines) is 1. The number of fused-ring (bicyclic) bond motifs is 1. The number of benzene rings is 3. The number of aliphatic imine (C=N–C) groups is 1. The van der Waals surface area contributed by atoms with Gasteiger partial charge in [-0.15, -0.1) is 0 Å². The van der Waals surface area contributed by atoms with Crippen LogP contribution in [-0.2, 0) is 57.6 Å². The van der Waals surface area contributed by atoms with Gasteiger partial charge in [-0.1, -0.05) is 72.3 Å². The molecule has 4 aromatic rings. The van der Waals surface area contributed by atoms with Crippen molar-refractivity contribution in [2.24, 2.45) is 22.2 Å². The van der Waals surface area contributed by atoms with Crippen molar-refractivity contribution < 1.29 is 38.4 Å². The predicted molar refractivity (Wildman–Crippen MR) is 263 cm³/mol. The summed E-state index contributed by atoms with van der Waals surface area (Å²) in [6.07, 6.45) is 2.52. The monoisotopic (exact) mass is 980 g/mol. The fraction of sp³-hybridized carbons (Fsp3) is 0.388. The third-order valence-electron chi connectivity index (χ3n) is 11.6. The molecule has 1 aromatic heterocycles. The van der Waals surface area contributed by atoms with Crippen LogP contribution in [0.3, 0.4) is 0 Å². The first-order chi connectivity index (χ1) is 33.4. The maximum absolute atomic E-state index is 14.5. The van der Waals surface area contributed by atoms with Crippen LogP contribution in [-0.4, -0.2) is 118 Å². The summed E-state index contributed by atoms with van der Waals surface area (Å²) in [5, 5.41) is 18.5. The largest absolute Gasteiger partial charge is 0.370 e. The topological polar surface area (TPSA) is 315 Å². The van der Waals surface area contributed by atoms with Gasteiger partial charge in [0.25, 0.3) is 0 Å². The maximum Gasteiger partial charge on any atom is 0.245 e. The lowest BCUT2D eigenvalue weighted by molar-refractivity contribution is -0.142. The van der Waals surface area contributed by atoms with Crippen LogP contribution in [0.25, 0.3) is 10.8 Å². The number of nitrogens with one attached hydrogen (secondary N) is 6. The minimum absolute atomic E-state index is 0.0451. The number of hydrogen-bond acceptors (Lipinski definition) is 10. The third-order valence-corrected chi connectivity index (χ3v) is 11.9. The predicted octanol–water partition coefficient (Wildman–Crippen LogP) is 0.415. The highest BCUT2D eigenvalue weighted by molar-refractivity contribution is 6.30. The Kier molecular flexibility index (Phi) is 19.6. The summed E-state index contributed by atoms with van der Waals surface area (Å²) in [5.74, 6) is -5.51. The minimum Gasteiger partial charge on any atom is -0.370 e. The molecule has 1 aliphatic heterocycles. The summed E-state index contributed by atoms with van der Waals surface area (Å²) in [6, 6.07) is 17.0. The molecule has 3 aromatic carbocycles. The molecule has 2 heterocycles. The Morgan fingerprint density at radius 1 is 0.686 bits per heavy atom. The van der Waals surface area contributed by atoms with Gasteiger partial charge >= 0.3 is 0 Å². The molecule has 0 radical (unpaired) electrons. The Morgan fingerprint density at radius 3 is 1.93 bits per heavy atom. The second-order valence-electron chi connectivity index (χ2n) is 17.2. The van der Waals surface area contributed by atoms with E-state index in [1.54, 1.807) is 42.5 Å². The number of carbonyl (C=O) groups is 8. The highest BCUT2D eigenvalue weighted by atomic mass is 35.5. The number of nitrogens with zero attached hydrogens (tertiary/aromatic N) is 3. The second-order valence-corrected chi connectivity index (χ2v) is 17.6. The van der Waals surface area contributed by atoms with E-state index in [9.17, 15) is 38.4 Å². The van der Waals surface area contributed by atoms with Crippen molar-refractivity contribution in [3.8, 4) is 0 Å². The van der Waals surface area contributed by atoms with Crippen LogP contribution in [0, 0.1) is 0 Å². The van der Waals surface area contributed by atoms with Crippen LogP contribution in [0.2, 0.25) is 5.02 Å². The average Bonchev–Trinajstić information content (AvgIpc) is 3.83. The van der Waals surface area contributed by atoms with Crippen molar-refractivity contribution in [1.29, 1.82) is 0 Å². The maximum atomic E-state index is 14.5. The van der Waals surface area contributed by atoms with Gasteiger partial charge in [0, 0.05) is 56.2 Å². The van der Waals surface area contributed by atoms with Crippen LogP contribution in [0.5, 0.6) is 0 Å². The first-order valence-electron chi connectivity index (χ1n) is 22.9. The Bertz CT molecular complexity index is 2540. The first-order valence-corrected chi connectivity index (χ1v) is 23.3. The third kappa shape index (κ3) is 16.0. The number of pyridine rings is 1. The molecule has 70 heavy (non-hydrogen) atoms. The second kappa shape index (κ2) is 25.7. The number of amides is 8. The van der Waals surface area contributed by atoms with Gasteiger partial charge in [0.15, 0.2) is 5.96 Å². The lowest BCUT2D eigenvalue weighted by Gasteiger charge is -2.30. The van der Waals surface area contributed by atoms with Crippen molar-refractivity contribution in [2.45, 2.75) is 108 Å². The number of aromatic nitrogens is 1. The van der Waals surface area contributed by atoms with Crippen molar-refractivity contribution in [3.05, 3.63) is 113 Å². The van der Waals surface area contributed by atoms with Crippen LogP contribution in [0.1, 0.15) is 63.3 Å². The van der Waals surface area contributed by atoms with E-state index in [1.165, 1.54) is 31.9 Å². The number of rotatable bonds is 23. The molecule has 8 amide bonds. The van der Waals surface area contributed by atoms with Gasteiger partial charge in [0.05, 0.1) is 0 Å². The number of hydrogen-bond donors (Lipinski definition) is 9. The number of halogens is 1. The van der Waals surface area contributed by atoms with E-state index in [1.807, 2.05) is 42.5 Å². The Balaban J connectivity index is 1.36. The summed E-state index contributed by atoms with van der Waals surface area (Å²) in [4.78, 5) is 118. The van der Waals surface area contributed by atoms with E-state index < -0.39 is 89.6 Å². The van der Waals surface area contributed by atoms with E-state index in [4.69, 9.17) is 28.8 Å². The van der Waals surface area contributed by atoms with Gasteiger partial charge < -0.3 is 54.0 Å². The van der Waals surface area contributed by atoms with Crippen LogP contribution in [0.15, 0.2) is 96.1 Å². The van der Waals surface area contributed by atoms with E-state index in [0.717, 1.165) is 16.3 Å². The molecule has 0 saturated carbocycles. The van der Waals surface area contributed by atoms with E-state index in [2.05, 4.69) is 41.9 Å². The molecule has 372 valence electrons. The highest BCUT2D eigenvalue weighted by Crippen LogP contribution is 2.21. The number of nitrogens with two attached hydrogens (primary N) is 3. The summed E-state index contributed by atoms with van der Waals surface area (Å²) in [7, 11) is 0. The van der Waals surface area contributed by atoms with E-state index in [-0.39, 0.29) is 51.2 Å². The average molecular weight is 982 g/mol. The zero-order chi connectivity index (χ0) is 50.9. The van der Waals surface area contributed by atoms with Gasteiger partial charge in [0.1, 0.15) is 42.3 Å². The zero-order valence-corrected chi connectivity index (χ0v) is 40.0. The quantitative estimate of drug-likeness (QED) is 0.0279. The van der Waals surface area contributed by atoms with Crippen molar-refractivity contribution in [2.75, 3.05) is 13.1 Å². The standard InChI is InChI=1S/C49H61ClN12O8/c1-28(42(51)64)56-47(69)41-14-9-23-62(41)48(70)37(13-8-22-55-49(52)53)59-43(65)29(2)57-44(66)40(27-36-12-6-7-21-54-36)61-46(68)39(25-31-16-19-35(50)20-17-31)60-45(67)38(58-30(3)63)26-32-15-18-33-10-4-5-11-34(33)24-32/h4-7,10-12,15-21,24,28-29,37-41H,8-9,13-14,22-23,25-27H2,1-3H3,(H2,51,64)(H,56,69)(H,57,66)(H,58,63)(H,59,65)(H,60,67)(H,61,68)(H4,52,53,55)/t28-,29-,37+,38-,39-,40-,41+/m1/s1. The SMILES string of the molecule is CC(=O)N[C@H](Cc1ccc2ccccc2c1)C(=O)N[C@H](Cc1ccc(Cl)cc1)C(=O)N[C@H](Cc1ccccn1)C(=O)N[C@H](C)C(=O)N[C@@H](CCCN=C(N)N)C(=O)N1CCC[C@H]1C(=O)N[C@H](C)C(N)=O. The molecule has 7 atom stereocenters. The van der Waals surface area contributed by atoms with Gasteiger partial charge in [-0.25, -0.2) is 0 Å². The van der Waals surface area contributed by atoms with Crippen LogP contribution < -0.4 is 49.1 Å². The molecular formula is C49H61ClN12O8. The fourth-order valence-electron chi connectivity index (χ4n) is 7.92. The zero-order valence-electron chi connectivity index (χ0n) is 39.3. The first kappa shape index (κ1) is 53.3. The molecule has 5 rings (SSSR count). The van der Waals surface area contributed by atoms with Gasteiger partial charge in [-0.3, -0.25) is 48.3 Å². The van der Waals surface area contributed by atoms with E-state index >= 15 is 0 Å². The summed E-state index contributed by atoms with van der Waals surface area (Å²) < 4.78 is 0. The lowest BCUT2D eigenvalue weighted by Crippen LogP contribution is -2.60. The highest BCUT2D eigenvalue weighted by Gasteiger charge is 2.39. The molecule has 0 unspecified atom stereocenters. The summed E-state index contributed by atoms with van der Waals surface area (Å²) >= 11 is 6.17. The van der Waals surface area contributed by atoms with Crippen molar-refractivity contribution in [3.63, 3.8) is 0 Å². The Labute approximate surface area is 410 Å². The van der Waals surface area contributed by atoms with Crippen LogP contribution in [0.4, 0.5) is 0 Å². The molecule has 1 aliphatic rings. The molecule has 12 N–H and O–H groups in total. The molecule has 0 bridgehead atoms. The Morgan fingerprint density at radius 2 is 1.29 bits per heavy atom. The van der Waals surface area contributed by atoms with Crippen molar-refractivity contribution >= 4 is 75.6 Å². The normalized spacial score (nSPS) is 15.7. The molecule has 0 spiro atoms. The van der Waals surface area contributed by atoms with Gasteiger partial charge in [0.2, 0.25) is 47.3 Å². The number of carbonyl (C=O) groups excluding carboxylic acids is 8. The fourth-order valence-corrected chi connectivity index (χ4v) is 8.05. The smallest absolute Gasteiger partial charge is 0.245 e.